The van der Waals surface area contributed by atoms with Crippen molar-refractivity contribution in [3.8, 4) is 0 Å². The van der Waals surface area contributed by atoms with Crippen LogP contribution in [0.25, 0.3) is 0 Å². The first-order chi connectivity index (χ1) is 15.3. The van der Waals surface area contributed by atoms with Gasteiger partial charge in [-0.05, 0) is 35.9 Å². The predicted octanol–water partition coefficient (Wildman–Crippen LogP) is 2.96. The number of rotatable bonds is 8. The van der Waals surface area contributed by atoms with E-state index in [1.165, 1.54) is 42.7 Å². The van der Waals surface area contributed by atoms with Crippen molar-refractivity contribution in [1.82, 2.24) is 20.3 Å². The van der Waals surface area contributed by atoms with Gasteiger partial charge in [0.1, 0.15) is 5.25 Å². The molecule has 166 valence electrons. The summed E-state index contributed by atoms with van der Waals surface area (Å²) in [5, 5.41) is 4.39. The van der Waals surface area contributed by atoms with Crippen LogP contribution in [0, 0.1) is 0 Å². The van der Waals surface area contributed by atoms with E-state index in [0.717, 1.165) is 5.56 Å². The zero-order valence-corrected chi connectivity index (χ0v) is 18.6. The SMILES string of the molecule is C=CC(c1cnc(N(C)C)nc1)S(=O)(=O)c1ccc(NC(=O)NCc2cccnc2)cc1. The molecule has 1 aromatic carbocycles. The molecule has 3 rings (SSSR count). The highest BCUT2D eigenvalue weighted by molar-refractivity contribution is 7.91. The molecule has 0 radical (unpaired) electrons. The van der Waals surface area contributed by atoms with E-state index in [1.807, 2.05) is 6.07 Å². The topological polar surface area (TPSA) is 117 Å². The lowest BCUT2D eigenvalue weighted by Gasteiger charge is -2.16. The van der Waals surface area contributed by atoms with Gasteiger partial charge in [-0.2, -0.15) is 0 Å². The second-order valence-electron chi connectivity index (χ2n) is 7.11. The smallest absolute Gasteiger partial charge is 0.319 e. The Morgan fingerprint density at radius 2 is 1.81 bits per heavy atom. The number of anilines is 2. The summed E-state index contributed by atoms with van der Waals surface area (Å²) in [6.45, 7) is 4.00. The summed E-state index contributed by atoms with van der Waals surface area (Å²) < 4.78 is 26.3. The van der Waals surface area contributed by atoms with Gasteiger partial charge in [-0.3, -0.25) is 4.98 Å². The Labute approximate surface area is 187 Å². The average molecular weight is 453 g/mol. The third kappa shape index (κ3) is 5.46. The first kappa shape index (κ1) is 22.9. The molecule has 0 aliphatic heterocycles. The summed E-state index contributed by atoms with van der Waals surface area (Å²) in [6.07, 6.45) is 7.63. The molecule has 0 saturated heterocycles. The van der Waals surface area contributed by atoms with Crippen molar-refractivity contribution in [3.63, 3.8) is 0 Å². The molecule has 2 N–H and O–H groups in total. The first-order valence-electron chi connectivity index (χ1n) is 9.71. The van der Waals surface area contributed by atoms with Gasteiger partial charge in [0, 0.05) is 56.7 Å². The summed E-state index contributed by atoms with van der Waals surface area (Å²) in [7, 11) is -0.182. The molecule has 1 unspecified atom stereocenters. The number of nitrogens with zero attached hydrogens (tertiary/aromatic N) is 4. The number of aromatic nitrogens is 3. The maximum absolute atomic E-state index is 13.1. The van der Waals surface area contributed by atoms with Gasteiger partial charge in [0.15, 0.2) is 9.84 Å². The number of carbonyl (C=O) groups is 1. The van der Waals surface area contributed by atoms with Gasteiger partial charge in [-0.1, -0.05) is 12.1 Å². The number of nitrogens with one attached hydrogen (secondary N) is 2. The van der Waals surface area contributed by atoms with Crippen LogP contribution in [-0.2, 0) is 16.4 Å². The zero-order chi connectivity index (χ0) is 23.1. The van der Waals surface area contributed by atoms with Gasteiger partial charge >= 0.3 is 6.03 Å². The number of urea groups is 1. The number of sulfone groups is 1. The molecule has 3 aromatic rings. The summed E-state index contributed by atoms with van der Waals surface area (Å²) in [6, 6.07) is 9.17. The highest BCUT2D eigenvalue weighted by Gasteiger charge is 2.27. The molecular weight excluding hydrogens is 428 g/mol. The van der Waals surface area contributed by atoms with E-state index in [1.54, 1.807) is 37.5 Å². The van der Waals surface area contributed by atoms with Crippen LogP contribution >= 0.6 is 0 Å². The van der Waals surface area contributed by atoms with E-state index in [-0.39, 0.29) is 4.90 Å². The Bertz CT molecular complexity index is 1160. The van der Waals surface area contributed by atoms with Crippen molar-refractivity contribution in [2.45, 2.75) is 16.7 Å². The molecule has 10 heteroatoms. The second kappa shape index (κ2) is 10.0. The molecular formula is C22H24N6O3S. The number of amides is 2. The Morgan fingerprint density at radius 3 is 2.38 bits per heavy atom. The number of carbonyl (C=O) groups excluding carboxylic acids is 1. The maximum atomic E-state index is 13.1. The molecule has 2 amide bonds. The Morgan fingerprint density at radius 1 is 1.12 bits per heavy atom. The summed E-state index contributed by atoms with van der Waals surface area (Å²) in [5.41, 5.74) is 1.74. The summed E-state index contributed by atoms with van der Waals surface area (Å²) >= 11 is 0. The zero-order valence-electron chi connectivity index (χ0n) is 17.8. The Hall–Kier alpha value is -3.79. The predicted molar refractivity (Wildman–Crippen MR) is 123 cm³/mol. The number of benzene rings is 1. The van der Waals surface area contributed by atoms with Crippen molar-refractivity contribution in [1.29, 1.82) is 0 Å². The Balaban J connectivity index is 1.69. The molecule has 9 nitrogen and oxygen atoms in total. The molecule has 0 spiro atoms. The minimum Gasteiger partial charge on any atom is -0.347 e. The standard InChI is InChI=1S/C22H24N6O3S/c1-4-20(17-14-24-21(25-15-17)28(2)3)32(30,31)19-9-7-18(8-10-19)27-22(29)26-13-16-6-5-11-23-12-16/h4-12,14-15,20H,1,13H2,2-3H3,(H2,26,27,29). The fourth-order valence-electron chi connectivity index (χ4n) is 2.89. The van der Waals surface area contributed by atoms with Gasteiger partial charge in [-0.15, -0.1) is 6.58 Å². The lowest BCUT2D eigenvalue weighted by atomic mass is 10.2. The highest BCUT2D eigenvalue weighted by Crippen LogP contribution is 2.30. The molecule has 0 bridgehead atoms. The largest absolute Gasteiger partial charge is 0.347 e. The van der Waals surface area contributed by atoms with Crippen molar-refractivity contribution in [3.05, 3.63) is 85.0 Å². The van der Waals surface area contributed by atoms with Gasteiger partial charge in [0.2, 0.25) is 5.95 Å². The molecule has 1 atom stereocenters. The summed E-state index contributed by atoms with van der Waals surface area (Å²) in [4.78, 5) is 26.3. The van der Waals surface area contributed by atoms with Crippen molar-refractivity contribution in [2.75, 3.05) is 24.3 Å². The van der Waals surface area contributed by atoms with E-state index in [4.69, 9.17) is 0 Å². The lowest BCUT2D eigenvalue weighted by molar-refractivity contribution is 0.251. The molecule has 32 heavy (non-hydrogen) atoms. The Kier molecular flexibility index (Phi) is 7.16. The molecule has 2 heterocycles. The third-order valence-corrected chi connectivity index (χ3v) is 6.61. The molecule has 2 aromatic heterocycles. The average Bonchev–Trinajstić information content (AvgIpc) is 2.79. The lowest BCUT2D eigenvalue weighted by Crippen LogP contribution is -2.28. The van der Waals surface area contributed by atoms with E-state index in [2.05, 4.69) is 32.2 Å². The number of hydrogen-bond donors (Lipinski definition) is 2. The van der Waals surface area contributed by atoms with Crippen molar-refractivity contribution >= 4 is 27.5 Å². The van der Waals surface area contributed by atoms with Crippen LogP contribution < -0.4 is 15.5 Å². The quantitative estimate of drug-likeness (QED) is 0.505. The summed E-state index contributed by atoms with van der Waals surface area (Å²) in [5.74, 6) is 0.478. The number of pyridine rings is 1. The van der Waals surface area contributed by atoms with Gasteiger partial charge in [0.05, 0.1) is 4.90 Å². The van der Waals surface area contributed by atoms with E-state index in [9.17, 15) is 13.2 Å². The van der Waals surface area contributed by atoms with E-state index < -0.39 is 21.1 Å². The third-order valence-electron chi connectivity index (χ3n) is 4.55. The minimum atomic E-state index is -3.78. The van der Waals surface area contributed by atoms with Gasteiger partial charge < -0.3 is 15.5 Å². The van der Waals surface area contributed by atoms with Gasteiger partial charge in [0.25, 0.3) is 0 Å². The highest BCUT2D eigenvalue weighted by atomic mass is 32.2. The molecule has 0 fully saturated rings. The molecule has 0 saturated carbocycles. The second-order valence-corrected chi connectivity index (χ2v) is 9.17. The maximum Gasteiger partial charge on any atom is 0.319 e. The van der Waals surface area contributed by atoms with Crippen LogP contribution in [0.4, 0.5) is 16.4 Å². The van der Waals surface area contributed by atoms with Crippen molar-refractivity contribution < 1.29 is 13.2 Å². The van der Waals surface area contributed by atoms with Crippen LogP contribution in [-0.4, -0.2) is 43.5 Å². The fourth-order valence-corrected chi connectivity index (χ4v) is 4.43. The monoisotopic (exact) mass is 452 g/mol. The van der Waals surface area contributed by atoms with Crippen molar-refractivity contribution in [2.24, 2.45) is 0 Å². The normalized spacial score (nSPS) is 11.9. The van der Waals surface area contributed by atoms with E-state index >= 15 is 0 Å². The fraction of sp³-hybridized carbons (Fsp3) is 0.182. The van der Waals surface area contributed by atoms with Crippen LogP contribution in [0.2, 0.25) is 0 Å². The van der Waals surface area contributed by atoms with E-state index in [0.29, 0.717) is 23.7 Å². The van der Waals surface area contributed by atoms with Gasteiger partial charge in [-0.25, -0.2) is 23.2 Å². The van der Waals surface area contributed by atoms with Crippen LogP contribution in [0.1, 0.15) is 16.4 Å². The minimum absolute atomic E-state index is 0.0976. The van der Waals surface area contributed by atoms with Crippen LogP contribution in [0.15, 0.2) is 78.7 Å². The first-order valence-corrected chi connectivity index (χ1v) is 11.3. The number of hydrogen-bond acceptors (Lipinski definition) is 7. The van der Waals surface area contributed by atoms with Crippen LogP contribution in [0.5, 0.6) is 0 Å². The molecule has 0 aliphatic rings. The molecule has 0 aliphatic carbocycles. The van der Waals surface area contributed by atoms with Crippen LogP contribution in [0.3, 0.4) is 0 Å².